The van der Waals surface area contributed by atoms with Crippen LogP contribution in [0.3, 0.4) is 0 Å². The summed E-state index contributed by atoms with van der Waals surface area (Å²) in [5, 5.41) is 1.13. The lowest BCUT2D eigenvalue weighted by molar-refractivity contribution is 0.962. The van der Waals surface area contributed by atoms with Gasteiger partial charge in [-0.3, -0.25) is 0 Å². The van der Waals surface area contributed by atoms with Crippen molar-refractivity contribution in [2.45, 2.75) is 12.8 Å². The van der Waals surface area contributed by atoms with Gasteiger partial charge in [-0.1, -0.05) is 54.7 Å². The molecule has 0 aliphatic carbocycles. The topological polar surface area (TPSA) is 15.8 Å². The minimum Gasteiger partial charge on any atom is -0.361 e. The number of rotatable bonds is 3. The Morgan fingerprint density at radius 3 is 2.47 bits per heavy atom. The summed E-state index contributed by atoms with van der Waals surface area (Å²) in [6.45, 7) is 0. The predicted molar refractivity (Wildman–Crippen MR) is 83.0 cm³/mol. The van der Waals surface area contributed by atoms with Gasteiger partial charge >= 0.3 is 0 Å². The number of aromatic amines is 1. The first-order chi connectivity index (χ1) is 9.33. The van der Waals surface area contributed by atoms with Gasteiger partial charge in [0, 0.05) is 21.6 Å². The SMILES string of the molecule is S=c1cc[nH]c2cc(CCc3ccccc3)ccc12. The Morgan fingerprint density at radius 1 is 0.842 bits per heavy atom. The summed E-state index contributed by atoms with van der Waals surface area (Å²) in [6, 6.07) is 19.0. The highest BCUT2D eigenvalue weighted by molar-refractivity contribution is 7.71. The Labute approximate surface area is 117 Å². The first-order valence-corrected chi connectivity index (χ1v) is 6.88. The maximum Gasteiger partial charge on any atom is 0.0484 e. The van der Waals surface area contributed by atoms with E-state index in [0.29, 0.717) is 0 Å². The summed E-state index contributed by atoms with van der Waals surface area (Å²) < 4.78 is 0.906. The number of hydrogen-bond donors (Lipinski definition) is 1. The summed E-state index contributed by atoms with van der Waals surface area (Å²) >= 11 is 5.32. The summed E-state index contributed by atoms with van der Waals surface area (Å²) in [7, 11) is 0. The van der Waals surface area contributed by atoms with Crippen LogP contribution in [0.2, 0.25) is 0 Å². The van der Waals surface area contributed by atoms with Crippen molar-refractivity contribution in [3.63, 3.8) is 0 Å². The average Bonchev–Trinajstić information content (AvgIpc) is 2.46. The number of pyridine rings is 1. The van der Waals surface area contributed by atoms with Gasteiger partial charge in [-0.2, -0.15) is 0 Å². The van der Waals surface area contributed by atoms with Crippen molar-refractivity contribution in [2.24, 2.45) is 0 Å². The molecule has 0 atom stereocenters. The van der Waals surface area contributed by atoms with E-state index in [-0.39, 0.29) is 0 Å². The van der Waals surface area contributed by atoms with Gasteiger partial charge in [0.2, 0.25) is 0 Å². The van der Waals surface area contributed by atoms with Gasteiger partial charge in [-0.15, -0.1) is 0 Å². The smallest absolute Gasteiger partial charge is 0.0484 e. The number of benzene rings is 2. The third-order valence-electron chi connectivity index (χ3n) is 3.37. The lowest BCUT2D eigenvalue weighted by Gasteiger charge is -2.04. The molecule has 0 aliphatic heterocycles. The highest BCUT2D eigenvalue weighted by Gasteiger charge is 1.99. The quantitative estimate of drug-likeness (QED) is 0.680. The molecule has 0 fully saturated rings. The molecule has 94 valence electrons. The van der Waals surface area contributed by atoms with Gasteiger partial charge in [0.05, 0.1) is 0 Å². The molecule has 1 N–H and O–H groups in total. The molecule has 0 radical (unpaired) electrons. The molecule has 0 saturated carbocycles. The molecular weight excluding hydrogens is 250 g/mol. The zero-order chi connectivity index (χ0) is 13.1. The largest absolute Gasteiger partial charge is 0.361 e. The molecular formula is C17H15NS. The van der Waals surface area contributed by atoms with Crippen molar-refractivity contribution < 1.29 is 0 Å². The second-order valence-corrected chi connectivity index (χ2v) is 5.15. The van der Waals surface area contributed by atoms with E-state index >= 15 is 0 Å². The average molecular weight is 265 g/mol. The van der Waals surface area contributed by atoms with Crippen molar-refractivity contribution >= 4 is 23.1 Å². The summed E-state index contributed by atoms with van der Waals surface area (Å²) in [6.07, 6.45) is 4.03. The van der Waals surface area contributed by atoms with Crippen LogP contribution >= 0.6 is 12.2 Å². The van der Waals surface area contributed by atoms with E-state index in [4.69, 9.17) is 12.2 Å². The fourth-order valence-electron chi connectivity index (χ4n) is 2.31. The van der Waals surface area contributed by atoms with Crippen LogP contribution in [0.25, 0.3) is 10.9 Å². The molecule has 3 rings (SSSR count). The van der Waals surface area contributed by atoms with E-state index in [2.05, 4.69) is 53.5 Å². The molecule has 1 aromatic heterocycles. The van der Waals surface area contributed by atoms with Gasteiger partial charge in [0.25, 0.3) is 0 Å². The van der Waals surface area contributed by atoms with E-state index in [1.807, 2.05) is 12.3 Å². The minimum absolute atomic E-state index is 0.906. The zero-order valence-electron chi connectivity index (χ0n) is 10.6. The minimum atomic E-state index is 0.906. The highest BCUT2D eigenvalue weighted by Crippen LogP contribution is 2.16. The van der Waals surface area contributed by atoms with Crippen LogP contribution in [-0.4, -0.2) is 4.98 Å². The molecule has 1 nitrogen and oxygen atoms in total. The standard InChI is InChI=1S/C17H15NS/c19-17-10-11-18-16-12-14(8-9-15(16)17)7-6-13-4-2-1-3-5-13/h1-5,8-12H,6-7H2,(H,18,19). The molecule has 0 bridgehead atoms. The van der Waals surface area contributed by atoms with E-state index in [9.17, 15) is 0 Å². The van der Waals surface area contributed by atoms with E-state index in [0.717, 1.165) is 28.3 Å². The van der Waals surface area contributed by atoms with Gasteiger partial charge in [0.15, 0.2) is 0 Å². The van der Waals surface area contributed by atoms with Gasteiger partial charge in [-0.25, -0.2) is 0 Å². The molecule has 3 aromatic rings. The first kappa shape index (κ1) is 12.1. The van der Waals surface area contributed by atoms with Crippen LogP contribution in [-0.2, 0) is 12.8 Å². The molecule has 0 spiro atoms. The van der Waals surface area contributed by atoms with Crippen LogP contribution in [0.15, 0.2) is 60.8 Å². The number of fused-ring (bicyclic) bond motifs is 1. The fraction of sp³-hybridized carbons (Fsp3) is 0.118. The summed E-state index contributed by atoms with van der Waals surface area (Å²) in [5.41, 5.74) is 3.84. The van der Waals surface area contributed by atoms with Crippen LogP contribution in [0, 0.1) is 4.51 Å². The van der Waals surface area contributed by atoms with Crippen LogP contribution in [0.5, 0.6) is 0 Å². The predicted octanol–water partition coefficient (Wildman–Crippen LogP) is 4.68. The van der Waals surface area contributed by atoms with Crippen molar-refractivity contribution in [3.05, 3.63) is 76.4 Å². The molecule has 0 amide bonds. The normalized spacial score (nSPS) is 10.7. The number of nitrogens with one attached hydrogen (secondary N) is 1. The highest BCUT2D eigenvalue weighted by atomic mass is 32.1. The maximum absolute atomic E-state index is 5.32. The van der Waals surface area contributed by atoms with E-state index < -0.39 is 0 Å². The Kier molecular flexibility index (Phi) is 3.43. The Morgan fingerprint density at radius 2 is 1.63 bits per heavy atom. The Balaban J connectivity index is 1.84. The third kappa shape index (κ3) is 2.74. The second-order valence-electron chi connectivity index (χ2n) is 4.71. The molecule has 1 heterocycles. The Bertz CT molecular complexity index is 744. The Hall–Kier alpha value is -1.93. The molecule has 2 heteroatoms. The number of aryl methyl sites for hydroxylation is 2. The van der Waals surface area contributed by atoms with E-state index in [1.54, 1.807) is 0 Å². The van der Waals surface area contributed by atoms with Crippen LogP contribution in [0.1, 0.15) is 11.1 Å². The molecule has 0 unspecified atom stereocenters. The number of H-pyrrole nitrogens is 1. The van der Waals surface area contributed by atoms with Crippen molar-refractivity contribution in [1.29, 1.82) is 0 Å². The summed E-state index contributed by atoms with van der Waals surface area (Å²) in [4.78, 5) is 3.26. The molecule has 2 aromatic carbocycles. The molecule has 19 heavy (non-hydrogen) atoms. The van der Waals surface area contributed by atoms with Crippen molar-refractivity contribution in [3.8, 4) is 0 Å². The maximum atomic E-state index is 5.32. The van der Waals surface area contributed by atoms with Crippen molar-refractivity contribution in [1.82, 2.24) is 4.98 Å². The fourth-order valence-corrected chi connectivity index (χ4v) is 2.56. The van der Waals surface area contributed by atoms with Gasteiger partial charge < -0.3 is 4.98 Å². The number of aromatic nitrogens is 1. The molecule has 0 saturated heterocycles. The van der Waals surface area contributed by atoms with Crippen LogP contribution < -0.4 is 0 Å². The van der Waals surface area contributed by atoms with E-state index in [1.165, 1.54) is 11.1 Å². The third-order valence-corrected chi connectivity index (χ3v) is 3.72. The lowest BCUT2D eigenvalue weighted by Crippen LogP contribution is -1.91. The zero-order valence-corrected chi connectivity index (χ0v) is 11.4. The first-order valence-electron chi connectivity index (χ1n) is 6.47. The molecule has 0 aliphatic rings. The number of hydrogen-bond acceptors (Lipinski definition) is 1. The van der Waals surface area contributed by atoms with Crippen LogP contribution in [0.4, 0.5) is 0 Å². The van der Waals surface area contributed by atoms with Gasteiger partial charge in [-0.05, 0) is 36.1 Å². The lowest BCUT2D eigenvalue weighted by atomic mass is 10.0. The summed E-state index contributed by atoms with van der Waals surface area (Å²) in [5.74, 6) is 0. The second kappa shape index (κ2) is 5.37. The van der Waals surface area contributed by atoms with Gasteiger partial charge in [0.1, 0.15) is 0 Å². The van der Waals surface area contributed by atoms with Crippen molar-refractivity contribution in [2.75, 3.05) is 0 Å². The monoisotopic (exact) mass is 265 g/mol.